The second kappa shape index (κ2) is 5.85. The predicted molar refractivity (Wildman–Crippen MR) is 104 cm³/mol. The van der Waals surface area contributed by atoms with Gasteiger partial charge in [0.2, 0.25) is 5.60 Å². The van der Waals surface area contributed by atoms with Crippen LogP contribution in [-0.2, 0) is 19.2 Å². The summed E-state index contributed by atoms with van der Waals surface area (Å²) in [4.78, 5) is 31.7. The molecule has 3 unspecified atom stereocenters. The molecule has 0 aromatic heterocycles. The van der Waals surface area contributed by atoms with Crippen LogP contribution >= 0.6 is 0 Å². The van der Waals surface area contributed by atoms with Crippen molar-refractivity contribution in [3.05, 3.63) is 35.9 Å². The Labute approximate surface area is 172 Å². The van der Waals surface area contributed by atoms with Crippen molar-refractivity contribution in [1.82, 2.24) is 0 Å². The van der Waals surface area contributed by atoms with Crippen molar-refractivity contribution >= 4 is 17.5 Å². The van der Waals surface area contributed by atoms with Crippen molar-refractivity contribution in [3.8, 4) is 11.5 Å². The zero-order chi connectivity index (χ0) is 21.5. The number of carbonyl (C=O) groups is 2. The normalized spacial score (nSPS) is 41.8. The molecule has 6 atom stereocenters. The number of hydrogen-bond donors (Lipinski definition) is 3. The van der Waals surface area contributed by atoms with Crippen LogP contribution in [0.5, 0.6) is 11.5 Å². The van der Waals surface area contributed by atoms with Gasteiger partial charge in [-0.25, -0.2) is 4.79 Å². The number of hydrogen-bond acceptors (Lipinski definition) is 8. The molecule has 8 nitrogen and oxygen atoms in total. The molecule has 1 saturated carbocycles. The lowest BCUT2D eigenvalue weighted by Crippen LogP contribution is -2.57. The van der Waals surface area contributed by atoms with Crippen molar-refractivity contribution in [3.63, 3.8) is 0 Å². The van der Waals surface area contributed by atoms with Gasteiger partial charge in [-0.15, -0.1) is 0 Å². The van der Waals surface area contributed by atoms with Gasteiger partial charge in [0.15, 0.2) is 5.78 Å². The zero-order valence-electron chi connectivity index (χ0n) is 16.7. The third kappa shape index (κ3) is 2.12. The standard InChI is InChI=1S/C22H23NO7/c1-11-3-5-14-18(20(2)17(26)7-8-22(11,20)28)29-19(27)21(14)10-15(23-30-21)13-9-12(24)4-6-16(13)25/h4,6-9,11,14,18,24-25,28H,3,5,10H2,1-2H3/t11-,14?,18?,20-,21?,22+/m0/s1. The first-order valence-electron chi connectivity index (χ1n) is 10.1. The number of rotatable bonds is 1. The number of aromatic hydroxyl groups is 2. The van der Waals surface area contributed by atoms with Crippen LogP contribution in [0.4, 0.5) is 0 Å². The van der Waals surface area contributed by atoms with Crippen LogP contribution in [0.15, 0.2) is 35.5 Å². The van der Waals surface area contributed by atoms with Crippen LogP contribution in [0, 0.1) is 17.3 Å². The molecule has 0 bridgehead atoms. The van der Waals surface area contributed by atoms with E-state index >= 15 is 0 Å². The lowest BCUT2D eigenvalue weighted by Gasteiger charge is -2.43. The molecule has 2 aliphatic heterocycles. The maximum atomic E-state index is 13.1. The Kier molecular flexibility index (Phi) is 3.72. The number of benzene rings is 1. The number of allylic oxidation sites excluding steroid dienone is 1. The minimum Gasteiger partial charge on any atom is -0.508 e. The maximum Gasteiger partial charge on any atom is 0.354 e. The molecule has 1 saturated heterocycles. The van der Waals surface area contributed by atoms with Gasteiger partial charge in [-0.3, -0.25) is 4.79 Å². The third-order valence-corrected chi connectivity index (χ3v) is 7.65. The minimum absolute atomic E-state index is 0.0362. The predicted octanol–water partition coefficient (Wildman–Crippen LogP) is 1.81. The fraction of sp³-hybridized carbons (Fsp3) is 0.500. The molecular formula is C22H23NO7. The molecular weight excluding hydrogens is 390 g/mol. The van der Waals surface area contributed by atoms with E-state index in [9.17, 15) is 24.9 Å². The molecule has 0 amide bonds. The summed E-state index contributed by atoms with van der Waals surface area (Å²) in [5.41, 5.74) is -3.58. The third-order valence-electron chi connectivity index (χ3n) is 7.65. The molecule has 1 aromatic carbocycles. The van der Waals surface area contributed by atoms with E-state index in [-0.39, 0.29) is 35.2 Å². The van der Waals surface area contributed by atoms with Crippen LogP contribution < -0.4 is 0 Å². The summed E-state index contributed by atoms with van der Waals surface area (Å²) in [6, 6.07) is 4.04. The average Bonchev–Trinajstić information content (AvgIpc) is 3.33. The fourth-order valence-electron chi connectivity index (χ4n) is 5.70. The highest BCUT2D eigenvalue weighted by Crippen LogP contribution is 2.59. The molecule has 8 heteroatoms. The van der Waals surface area contributed by atoms with E-state index in [4.69, 9.17) is 9.57 Å². The summed E-state index contributed by atoms with van der Waals surface area (Å²) in [6.07, 6.45) is 3.15. The zero-order valence-corrected chi connectivity index (χ0v) is 16.7. The Morgan fingerprint density at radius 1 is 1.20 bits per heavy atom. The van der Waals surface area contributed by atoms with Gasteiger partial charge in [-0.1, -0.05) is 12.1 Å². The molecule has 2 aliphatic carbocycles. The van der Waals surface area contributed by atoms with E-state index < -0.39 is 34.6 Å². The topological polar surface area (TPSA) is 126 Å². The molecule has 158 valence electrons. The second-order valence-electron chi connectivity index (χ2n) is 9.03. The molecule has 0 radical (unpaired) electrons. The molecule has 1 aromatic rings. The number of ketones is 1. The summed E-state index contributed by atoms with van der Waals surface area (Å²) >= 11 is 0. The van der Waals surface area contributed by atoms with Gasteiger partial charge in [0.25, 0.3) is 0 Å². The van der Waals surface area contributed by atoms with Gasteiger partial charge < -0.3 is 24.9 Å². The second-order valence-corrected chi connectivity index (χ2v) is 9.03. The first-order chi connectivity index (χ1) is 14.1. The van der Waals surface area contributed by atoms with Crippen molar-refractivity contribution in [2.75, 3.05) is 0 Å². The van der Waals surface area contributed by atoms with Gasteiger partial charge in [0.1, 0.15) is 28.6 Å². The van der Waals surface area contributed by atoms with E-state index in [0.717, 1.165) is 0 Å². The van der Waals surface area contributed by atoms with Crippen LogP contribution in [0.25, 0.3) is 0 Å². The fourth-order valence-corrected chi connectivity index (χ4v) is 5.70. The molecule has 2 fully saturated rings. The quantitative estimate of drug-likeness (QED) is 0.473. The highest BCUT2D eigenvalue weighted by molar-refractivity contribution is 6.07. The highest BCUT2D eigenvalue weighted by Gasteiger charge is 2.73. The molecule has 30 heavy (non-hydrogen) atoms. The smallest absolute Gasteiger partial charge is 0.354 e. The van der Waals surface area contributed by atoms with E-state index in [1.807, 2.05) is 6.92 Å². The molecule has 1 spiro atoms. The summed E-state index contributed by atoms with van der Waals surface area (Å²) < 4.78 is 5.75. The Balaban J connectivity index is 1.55. The summed E-state index contributed by atoms with van der Waals surface area (Å²) in [5, 5.41) is 35.5. The summed E-state index contributed by atoms with van der Waals surface area (Å²) in [7, 11) is 0. The van der Waals surface area contributed by atoms with E-state index in [1.165, 1.54) is 30.4 Å². The van der Waals surface area contributed by atoms with Gasteiger partial charge in [0, 0.05) is 12.0 Å². The van der Waals surface area contributed by atoms with Gasteiger partial charge in [-0.05, 0) is 56.0 Å². The van der Waals surface area contributed by atoms with Gasteiger partial charge in [-0.2, -0.15) is 0 Å². The van der Waals surface area contributed by atoms with Crippen LogP contribution in [-0.4, -0.2) is 50.1 Å². The number of oxime groups is 1. The van der Waals surface area contributed by atoms with E-state index in [2.05, 4.69) is 5.16 Å². The summed E-state index contributed by atoms with van der Waals surface area (Å²) in [6.45, 7) is 3.54. The van der Waals surface area contributed by atoms with Crippen molar-refractivity contribution in [1.29, 1.82) is 0 Å². The number of phenolic OH excluding ortho intramolecular Hbond substituents is 2. The van der Waals surface area contributed by atoms with Crippen LogP contribution in [0.1, 0.15) is 38.7 Å². The Morgan fingerprint density at radius 2 is 1.97 bits per heavy atom. The number of carbonyl (C=O) groups excluding carboxylic acids is 2. The number of ether oxygens (including phenoxy) is 1. The maximum absolute atomic E-state index is 13.1. The molecule has 2 heterocycles. The lowest BCUT2D eigenvalue weighted by molar-refractivity contribution is -0.169. The van der Waals surface area contributed by atoms with Gasteiger partial charge in [0.05, 0.1) is 11.6 Å². The van der Waals surface area contributed by atoms with E-state index in [0.29, 0.717) is 18.6 Å². The number of phenols is 2. The molecule has 4 aliphatic rings. The lowest BCUT2D eigenvalue weighted by atomic mass is 9.63. The monoisotopic (exact) mass is 413 g/mol. The number of fused-ring (bicyclic) bond motifs is 4. The van der Waals surface area contributed by atoms with Crippen LogP contribution in [0.3, 0.4) is 0 Å². The SMILES string of the molecule is C[C@H]1CCC2C(OC(=O)C23CC(c2cc(O)ccc2O)=NO3)[C@]2(C)C(=O)C=C[C@@]12O. The Hall–Kier alpha value is -2.87. The van der Waals surface area contributed by atoms with Gasteiger partial charge >= 0.3 is 5.97 Å². The first-order valence-corrected chi connectivity index (χ1v) is 10.1. The highest BCUT2D eigenvalue weighted by atomic mass is 16.7. The number of aliphatic hydroxyl groups is 1. The minimum atomic E-state index is -1.44. The molecule has 3 N–H and O–H groups in total. The Bertz CT molecular complexity index is 1030. The summed E-state index contributed by atoms with van der Waals surface area (Å²) in [5.74, 6) is -1.78. The number of esters is 1. The van der Waals surface area contributed by atoms with Crippen molar-refractivity contribution in [2.24, 2.45) is 22.4 Å². The average molecular weight is 413 g/mol. The largest absolute Gasteiger partial charge is 0.508 e. The molecule has 5 rings (SSSR count). The number of nitrogens with zero attached hydrogens (tertiary/aromatic N) is 1. The van der Waals surface area contributed by atoms with Crippen LogP contribution in [0.2, 0.25) is 0 Å². The Morgan fingerprint density at radius 3 is 2.73 bits per heavy atom. The van der Waals surface area contributed by atoms with E-state index in [1.54, 1.807) is 6.92 Å². The first kappa shape index (κ1) is 19.1. The van der Waals surface area contributed by atoms with Crippen molar-refractivity contribution in [2.45, 2.75) is 50.4 Å². The van der Waals surface area contributed by atoms with Crippen molar-refractivity contribution < 1.29 is 34.5 Å².